The summed E-state index contributed by atoms with van der Waals surface area (Å²) in [6.45, 7) is 0.0628. The molecule has 0 amide bonds. The molecule has 0 N–H and O–H groups in total. The number of benzene rings is 2. The summed E-state index contributed by atoms with van der Waals surface area (Å²) in [5.41, 5.74) is 0.432. The molecule has 0 radical (unpaired) electrons. The van der Waals surface area contributed by atoms with E-state index in [2.05, 4.69) is 22.6 Å². The van der Waals surface area contributed by atoms with Crippen LogP contribution in [0.2, 0.25) is 0 Å². The minimum atomic E-state index is -4.54. The molecule has 2 aromatic carbocycles. The van der Waals surface area contributed by atoms with Gasteiger partial charge in [0.05, 0.1) is 17.1 Å². The summed E-state index contributed by atoms with van der Waals surface area (Å²) in [6.07, 6.45) is 0.295. The molecule has 0 bridgehead atoms. The fourth-order valence-electron chi connectivity index (χ4n) is 1.91. The summed E-state index contributed by atoms with van der Waals surface area (Å²) in [5, 5.41) is 0. The van der Waals surface area contributed by atoms with E-state index in [0.717, 1.165) is 15.7 Å². The number of halogens is 1. The summed E-state index contributed by atoms with van der Waals surface area (Å²) < 4.78 is 43.5. The third-order valence-corrected chi connectivity index (χ3v) is 4.75. The largest absolute Gasteiger partial charge is 0.744 e. The SMILES string of the molecule is O=C(CCCOC(=O)c1ccc(I)cc1)Oc1ccc(S(=O)(=O)[O-])cc1. The van der Waals surface area contributed by atoms with E-state index in [-0.39, 0.29) is 25.2 Å². The summed E-state index contributed by atoms with van der Waals surface area (Å²) in [4.78, 5) is 23.1. The highest BCUT2D eigenvalue weighted by Crippen LogP contribution is 2.16. The van der Waals surface area contributed by atoms with Gasteiger partial charge in [0.1, 0.15) is 15.9 Å². The number of carbonyl (C=O) groups is 2. The average Bonchev–Trinajstić information content (AvgIpc) is 2.59. The molecule has 2 rings (SSSR count). The zero-order valence-corrected chi connectivity index (χ0v) is 16.4. The fourth-order valence-corrected chi connectivity index (χ4v) is 2.74. The minimum Gasteiger partial charge on any atom is -0.744 e. The van der Waals surface area contributed by atoms with Gasteiger partial charge in [-0.3, -0.25) is 4.79 Å². The lowest BCUT2D eigenvalue weighted by molar-refractivity contribution is -0.134. The van der Waals surface area contributed by atoms with Gasteiger partial charge in [-0.25, -0.2) is 13.2 Å². The number of hydrogen-bond acceptors (Lipinski definition) is 7. The molecule has 0 aliphatic rings. The standard InChI is InChI=1S/C17H15IO7S/c18-13-5-3-12(4-6-13)17(20)24-11-1-2-16(19)25-14-7-9-15(10-8-14)26(21,22)23/h3-10H,1-2,11H2,(H,21,22,23)/p-1. The average molecular weight is 489 g/mol. The van der Waals surface area contributed by atoms with Crippen LogP contribution in [0.1, 0.15) is 23.2 Å². The monoisotopic (exact) mass is 489 g/mol. The second-order valence-electron chi connectivity index (χ2n) is 5.15. The maximum atomic E-state index is 11.8. The summed E-state index contributed by atoms with van der Waals surface area (Å²) in [5.74, 6) is -0.907. The van der Waals surface area contributed by atoms with Crippen LogP contribution in [0, 0.1) is 3.57 Å². The maximum Gasteiger partial charge on any atom is 0.338 e. The summed E-state index contributed by atoms with van der Waals surface area (Å²) >= 11 is 2.13. The summed E-state index contributed by atoms with van der Waals surface area (Å²) in [7, 11) is -4.54. The van der Waals surface area contributed by atoms with E-state index in [1.54, 1.807) is 24.3 Å². The molecule has 9 heteroatoms. The molecule has 0 spiro atoms. The van der Waals surface area contributed by atoms with Crippen molar-refractivity contribution in [3.8, 4) is 5.75 Å². The zero-order chi connectivity index (χ0) is 19.2. The van der Waals surface area contributed by atoms with E-state index in [4.69, 9.17) is 9.47 Å². The first-order chi connectivity index (χ1) is 12.3. The molecule has 2 aromatic rings. The van der Waals surface area contributed by atoms with Gasteiger partial charge in [-0.1, -0.05) is 0 Å². The lowest BCUT2D eigenvalue weighted by Crippen LogP contribution is -2.11. The topological polar surface area (TPSA) is 110 Å². The van der Waals surface area contributed by atoms with E-state index in [1.165, 1.54) is 12.1 Å². The zero-order valence-electron chi connectivity index (χ0n) is 13.4. The predicted molar refractivity (Wildman–Crippen MR) is 98.7 cm³/mol. The lowest BCUT2D eigenvalue weighted by Gasteiger charge is -2.08. The van der Waals surface area contributed by atoms with Gasteiger partial charge >= 0.3 is 11.9 Å². The first-order valence-electron chi connectivity index (χ1n) is 7.45. The van der Waals surface area contributed by atoms with Crippen molar-refractivity contribution >= 4 is 44.6 Å². The van der Waals surface area contributed by atoms with E-state index in [1.807, 2.05) is 0 Å². The van der Waals surface area contributed by atoms with E-state index >= 15 is 0 Å². The Balaban J connectivity index is 1.73. The van der Waals surface area contributed by atoms with Crippen LogP contribution in [0.5, 0.6) is 5.75 Å². The van der Waals surface area contributed by atoms with Gasteiger partial charge in [0.2, 0.25) is 0 Å². The van der Waals surface area contributed by atoms with Crippen molar-refractivity contribution in [1.29, 1.82) is 0 Å². The molecule has 0 heterocycles. The van der Waals surface area contributed by atoms with Crippen LogP contribution in [0.3, 0.4) is 0 Å². The van der Waals surface area contributed by atoms with Crippen LogP contribution in [0.25, 0.3) is 0 Å². The van der Waals surface area contributed by atoms with E-state index in [9.17, 15) is 22.6 Å². The second-order valence-corrected chi connectivity index (χ2v) is 7.77. The Morgan fingerprint density at radius 3 is 2.19 bits per heavy atom. The highest BCUT2D eigenvalue weighted by Gasteiger charge is 2.09. The first kappa shape index (κ1) is 20.3. The smallest absolute Gasteiger partial charge is 0.338 e. The molecular weight excluding hydrogens is 475 g/mol. The summed E-state index contributed by atoms with van der Waals surface area (Å²) in [6, 6.07) is 11.5. The number of rotatable bonds is 7. The van der Waals surface area contributed by atoms with Crippen molar-refractivity contribution in [2.45, 2.75) is 17.7 Å². The van der Waals surface area contributed by atoms with E-state index < -0.39 is 27.0 Å². The molecule has 0 aromatic heterocycles. The van der Waals surface area contributed by atoms with Gasteiger partial charge in [0.15, 0.2) is 0 Å². The van der Waals surface area contributed by atoms with Gasteiger partial charge in [0.25, 0.3) is 0 Å². The van der Waals surface area contributed by atoms with Crippen LogP contribution in [-0.4, -0.2) is 31.5 Å². The van der Waals surface area contributed by atoms with Gasteiger partial charge in [-0.15, -0.1) is 0 Å². The van der Waals surface area contributed by atoms with Crippen molar-refractivity contribution in [3.63, 3.8) is 0 Å². The Morgan fingerprint density at radius 1 is 1.00 bits per heavy atom. The molecule has 0 fully saturated rings. The lowest BCUT2D eigenvalue weighted by atomic mass is 10.2. The Bertz CT molecular complexity index is 874. The molecule has 0 unspecified atom stereocenters. The van der Waals surface area contributed by atoms with E-state index in [0.29, 0.717) is 5.56 Å². The molecule has 0 saturated carbocycles. The normalized spacial score (nSPS) is 11.0. The Hall–Kier alpha value is -1.98. The van der Waals surface area contributed by atoms with Crippen molar-refractivity contribution in [1.82, 2.24) is 0 Å². The van der Waals surface area contributed by atoms with Crippen molar-refractivity contribution in [3.05, 3.63) is 57.7 Å². The van der Waals surface area contributed by atoms with Crippen LogP contribution < -0.4 is 4.74 Å². The number of hydrogen-bond donors (Lipinski definition) is 0. The fraction of sp³-hybridized carbons (Fsp3) is 0.176. The van der Waals surface area contributed by atoms with Crippen LogP contribution >= 0.6 is 22.6 Å². The Kier molecular flexibility index (Phi) is 7.12. The molecule has 0 aliphatic carbocycles. The molecule has 7 nitrogen and oxygen atoms in total. The molecule has 0 atom stereocenters. The van der Waals surface area contributed by atoms with Gasteiger partial charge in [-0.05, 0) is 77.5 Å². The molecule has 26 heavy (non-hydrogen) atoms. The molecule has 0 aliphatic heterocycles. The van der Waals surface area contributed by atoms with Gasteiger partial charge < -0.3 is 14.0 Å². The molecular formula is C17H14IO7S-. The third-order valence-electron chi connectivity index (χ3n) is 3.18. The van der Waals surface area contributed by atoms with Gasteiger partial charge in [0, 0.05) is 9.99 Å². The van der Waals surface area contributed by atoms with Crippen molar-refractivity contribution in [2.75, 3.05) is 6.61 Å². The van der Waals surface area contributed by atoms with Gasteiger partial charge in [-0.2, -0.15) is 0 Å². The quantitative estimate of drug-likeness (QED) is 0.193. The minimum absolute atomic E-state index is 0.0155. The highest BCUT2D eigenvalue weighted by molar-refractivity contribution is 14.1. The Labute approximate surface area is 164 Å². The maximum absolute atomic E-state index is 11.8. The molecule has 0 saturated heterocycles. The number of esters is 2. The molecule has 138 valence electrons. The van der Waals surface area contributed by atoms with Crippen LogP contribution in [0.15, 0.2) is 53.4 Å². The second kappa shape index (κ2) is 9.10. The van der Waals surface area contributed by atoms with Crippen LogP contribution in [-0.2, 0) is 19.6 Å². The third kappa shape index (κ3) is 6.39. The number of carbonyl (C=O) groups excluding carboxylic acids is 2. The highest BCUT2D eigenvalue weighted by atomic mass is 127. The Morgan fingerprint density at radius 2 is 1.62 bits per heavy atom. The number of ether oxygens (including phenoxy) is 2. The predicted octanol–water partition coefficient (Wildman–Crippen LogP) is 2.74. The van der Waals surface area contributed by atoms with Crippen molar-refractivity contribution in [2.24, 2.45) is 0 Å². The first-order valence-corrected chi connectivity index (χ1v) is 9.94. The van der Waals surface area contributed by atoms with Crippen molar-refractivity contribution < 1.29 is 32.0 Å². The van der Waals surface area contributed by atoms with Crippen LogP contribution in [0.4, 0.5) is 0 Å².